The highest BCUT2D eigenvalue weighted by molar-refractivity contribution is 6.30. The fourth-order valence-corrected chi connectivity index (χ4v) is 3.70. The number of guanidine groups is 1. The van der Waals surface area contributed by atoms with Gasteiger partial charge in [-0.25, -0.2) is 0 Å². The van der Waals surface area contributed by atoms with E-state index >= 15 is 0 Å². The number of nitrogens with one attached hydrogen (secondary N) is 1. The molecule has 0 aliphatic carbocycles. The van der Waals surface area contributed by atoms with Gasteiger partial charge in [-0.05, 0) is 29.7 Å². The lowest BCUT2D eigenvalue weighted by Crippen LogP contribution is -2.54. The molecule has 1 aliphatic rings. The van der Waals surface area contributed by atoms with Gasteiger partial charge in [0.2, 0.25) is 5.91 Å². The van der Waals surface area contributed by atoms with Crippen LogP contribution >= 0.6 is 11.6 Å². The lowest BCUT2D eigenvalue weighted by atomic mass is 10.1. The molecule has 0 spiro atoms. The highest BCUT2D eigenvalue weighted by Gasteiger charge is 2.23. The largest absolute Gasteiger partial charge is 0.356 e. The lowest BCUT2D eigenvalue weighted by molar-refractivity contribution is -0.131. The van der Waals surface area contributed by atoms with Crippen LogP contribution in [-0.4, -0.2) is 71.2 Å². The standard InChI is InChI=1S/C21H29ClN6O/c1-17(16-28-8-4-7-25-28)15-24-21(23-2)27-11-9-26(10-12-27)20(29)14-18-5-3-6-19(22)13-18/h3-8,13,17H,9-12,14-16H2,1-2H3,(H,23,24). The maximum Gasteiger partial charge on any atom is 0.227 e. The van der Waals surface area contributed by atoms with Crippen molar-refractivity contribution in [1.82, 2.24) is 24.9 Å². The predicted molar refractivity (Wildman–Crippen MR) is 116 cm³/mol. The van der Waals surface area contributed by atoms with E-state index in [1.54, 1.807) is 13.2 Å². The summed E-state index contributed by atoms with van der Waals surface area (Å²) in [5, 5.41) is 8.38. The van der Waals surface area contributed by atoms with Crippen LogP contribution in [0.5, 0.6) is 0 Å². The number of aliphatic imine (C=N–C) groups is 1. The summed E-state index contributed by atoms with van der Waals surface area (Å²) in [4.78, 5) is 21.2. The van der Waals surface area contributed by atoms with Gasteiger partial charge >= 0.3 is 0 Å². The molecule has 7 nitrogen and oxygen atoms in total. The molecule has 1 unspecified atom stereocenters. The zero-order valence-corrected chi connectivity index (χ0v) is 17.8. The average Bonchev–Trinajstić information content (AvgIpc) is 3.22. The van der Waals surface area contributed by atoms with E-state index in [1.807, 2.05) is 46.1 Å². The van der Waals surface area contributed by atoms with Gasteiger partial charge in [0.15, 0.2) is 5.96 Å². The Morgan fingerprint density at radius 1 is 1.24 bits per heavy atom. The summed E-state index contributed by atoms with van der Waals surface area (Å²) < 4.78 is 1.94. The molecule has 1 amide bonds. The summed E-state index contributed by atoms with van der Waals surface area (Å²) in [7, 11) is 1.80. The Labute approximate surface area is 177 Å². The van der Waals surface area contributed by atoms with Crippen molar-refractivity contribution in [3.63, 3.8) is 0 Å². The number of aromatic nitrogens is 2. The summed E-state index contributed by atoms with van der Waals surface area (Å²) in [6.45, 7) is 6.81. The van der Waals surface area contributed by atoms with Gasteiger partial charge < -0.3 is 15.1 Å². The average molecular weight is 417 g/mol. The number of carbonyl (C=O) groups excluding carboxylic acids is 1. The molecular weight excluding hydrogens is 388 g/mol. The monoisotopic (exact) mass is 416 g/mol. The van der Waals surface area contributed by atoms with Crippen molar-refractivity contribution >= 4 is 23.5 Å². The Hall–Kier alpha value is -2.54. The van der Waals surface area contributed by atoms with Crippen LogP contribution < -0.4 is 5.32 Å². The first kappa shape index (κ1) is 21.2. The van der Waals surface area contributed by atoms with Crippen molar-refractivity contribution < 1.29 is 4.79 Å². The molecule has 1 aromatic carbocycles. The maximum atomic E-state index is 12.6. The van der Waals surface area contributed by atoms with Crippen molar-refractivity contribution in [2.45, 2.75) is 19.9 Å². The first-order valence-electron chi connectivity index (χ1n) is 10.0. The molecule has 29 heavy (non-hydrogen) atoms. The third-order valence-corrected chi connectivity index (χ3v) is 5.29. The molecule has 156 valence electrons. The van der Waals surface area contributed by atoms with Crippen LogP contribution in [0.2, 0.25) is 5.02 Å². The molecule has 2 aromatic rings. The fraction of sp³-hybridized carbons (Fsp3) is 0.476. The highest BCUT2D eigenvalue weighted by atomic mass is 35.5. The van der Waals surface area contributed by atoms with E-state index in [0.717, 1.165) is 37.7 Å². The Balaban J connectivity index is 1.44. The molecule has 0 bridgehead atoms. The van der Waals surface area contributed by atoms with Crippen LogP contribution in [0, 0.1) is 5.92 Å². The number of amides is 1. The molecule has 1 atom stereocenters. The number of rotatable bonds is 6. The van der Waals surface area contributed by atoms with Gasteiger partial charge in [-0.2, -0.15) is 5.10 Å². The van der Waals surface area contributed by atoms with Gasteiger partial charge in [-0.15, -0.1) is 0 Å². The molecule has 1 saturated heterocycles. The lowest BCUT2D eigenvalue weighted by Gasteiger charge is -2.36. The van der Waals surface area contributed by atoms with Crippen LogP contribution in [-0.2, 0) is 17.8 Å². The van der Waals surface area contributed by atoms with Crippen molar-refractivity contribution in [2.75, 3.05) is 39.8 Å². The number of benzene rings is 1. The van der Waals surface area contributed by atoms with Gasteiger partial charge in [0.05, 0.1) is 6.42 Å². The first-order valence-corrected chi connectivity index (χ1v) is 10.4. The Kier molecular flexibility index (Phi) is 7.52. The van der Waals surface area contributed by atoms with Crippen LogP contribution in [0.4, 0.5) is 0 Å². The Morgan fingerprint density at radius 2 is 2.00 bits per heavy atom. The van der Waals surface area contributed by atoms with Crippen molar-refractivity contribution in [2.24, 2.45) is 10.9 Å². The summed E-state index contributed by atoms with van der Waals surface area (Å²) >= 11 is 6.02. The second kappa shape index (κ2) is 10.3. The van der Waals surface area contributed by atoms with Crippen LogP contribution in [0.25, 0.3) is 0 Å². The molecule has 8 heteroatoms. The quantitative estimate of drug-likeness (QED) is 0.578. The third-order valence-electron chi connectivity index (χ3n) is 5.05. The maximum absolute atomic E-state index is 12.6. The van der Waals surface area contributed by atoms with Gasteiger partial charge in [0, 0.05) is 63.7 Å². The number of piperazine rings is 1. The minimum Gasteiger partial charge on any atom is -0.356 e. The van der Waals surface area contributed by atoms with Gasteiger partial charge in [-0.3, -0.25) is 14.5 Å². The number of carbonyl (C=O) groups is 1. The molecular formula is C21H29ClN6O. The summed E-state index contributed by atoms with van der Waals surface area (Å²) in [5.74, 6) is 1.45. The Bertz CT molecular complexity index is 814. The number of hydrogen-bond donors (Lipinski definition) is 1. The summed E-state index contributed by atoms with van der Waals surface area (Å²) in [6, 6.07) is 9.43. The SMILES string of the molecule is CN=C(NCC(C)Cn1cccn1)N1CCN(C(=O)Cc2cccc(Cl)c2)CC1. The molecule has 1 N–H and O–H groups in total. The van der Waals surface area contributed by atoms with E-state index in [-0.39, 0.29) is 5.91 Å². The van der Waals surface area contributed by atoms with Crippen molar-refractivity contribution in [3.05, 3.63) is 53.3 Å². The van der Waals surface area contributed by atoms with Crippen molar-refractivity contribution in [1.29, 1.82) is 0 Å². The van der Waals surface area contributed by atoms with Crippen LogP contribution in [0.15, 0.2) is 47.7 Å². The minimum atomic E-state index is 0.141. The molecule has 0 saturated carbocycles. The number of hydrogen-bond acceptors (Lipinski definition) is 3. The van der Waals surface area contributed by atoms with E-state index in [0.29, 0.717) is 30.5 Å². The Morgan fingerprint density at radius 3 is 2.66 bits per heavy atom. The molecule has 1 aliphatic heterocycles. The number of halogens is 1. The van der Waals surface area contributed by atoms with E-state index in [9.17, 15) is 4.79 Å². The van der Waals surface area contributed by atoms with E-state index in [4.69, 9.17) is 11.6 Å². The molecule has 1 aromatic heterocycles. The van der Waals surface area contributed by atoms with E-state index in [2.05, 4.69) is 27.2 Å². The fourth-order valence-electron chi connectivity index (χ4n) is 3.49. The predicted octanol–water partition coefficient (Wildman–Crippen LogP) is 2.13. The number of nitrogens with zero attached hydrogens (tertiary/aromatic N) is 5. The first-order chi connectivity index (χ1) is 14.0. The van der Waals surface area contributed by atoms with Gasteiger partial charge in [-0.1, -0.05) is 30.7 Å². The highest BCUT2D eigenvalue weighted by Crippen LogP contribution is 2.13. The smallest absolute Gasteiger partial charge is 0.227 e. The van der Waals surface area contributed by atoms with E-state index < -0.39 is 0 Å². The third kappa shape index (κ3) is 6.22. The van der Waals surface area contributed by atoms with Crippen molar-refractivity contribution in [3.8, 4) is 0 Å². The van der Waals surface area contributed by atoms with Gasteiger partial charge in [0.1, 0.15) is 0 Å². The summed E-state index contributed by atoms with van der Waals surface area (Å²) in [6.07, 6.45) is 4.16. The molecule has 2 heterocycles. The second-order valence-corrected chi connectivity index (χ2v) is 7.87. The van der Waals surface area contributed by atoms with E-state index in [1.165, 1.54) is 0 Å². The normalized spacial score (nSPS) is 16.0. The minimum absolute atomic E-state index is 0.141. The zero-order valence-electron chi connectivity index (χ0n) is 17.1. The zero-order chi connectivity index (χ0) is 20.6. The molecule has 3 rings (SSSR count). The molecule has 1 fully saturated rings. The molecule has 0 radical (unpaired) electrons. The van der Waals surface area contributed by atoms with Crippen LogP contribution in [0.3, 0.4) is 0 Å². The van der Waals surface area contributed by atoms with Gasteiger partial charge in [0.25, 0.3) is 0 Å². The summed E-state index contributed by atoms with van der Waals surface area (Å²) in [5.41, 5.74) is 0.952. The second-order valence-electron chi connectivity index (χ2n) is 7.44. The topological polar surface area (TPSA) is 65.8 Å². The van der Waals surface area contributed by atoms with Crippen LogP contribution in [0.1, 0.15) is 12.5 Å².